The summed E-state index contributed by atoms with van der Waals surface area (Å²) in [5.74, 6) is -0.297. The number of benzene rings is 2. The summed E-state index contributed by atoms with van der Waals surface area (Å²) >= 11 is 0. The van der Waals surface area contributed by atoms with Gasteiger partial charge in [-0.3, -0.25) is 4.79 Å². The average molecular weight is 270 g/mol. The normalized spacial score (nSPS) is 11.4. The van der Waals surface area contributed by atoms with Crippen LogP contribution in [0.4, 0.5) is 4.39 Å². The molecule has 0 fully saturated rings. The zero-order valence-corrected chi connectivity index (χ0v) is 12.1. The summed E-state index contributed by atoms with van der Waals surface area (Å²) in [5, 5.41) is 0. The summed E-state index contributed by atoms with van der Waals surface area (Å²) in [6, 6.07) is 13.8. The first kappa shape index (κ1) is 14.4. The summed E-state index contributed by atoms with van der Waals surface area (Å²) in [6.45, 7) is 6.41. The van der Waals surface area contributed by atoms with E-state index in [4.69, 9.17) is 0 Å². The Balaban J connectivity index is 2.14. The molecule has 0 N–H and O–H groups in total. The van der Waals surface area contributed by atoms with Crippen molar-refractivity contribution in [3.8, 4) is 0 Å². The zero-order chi connectivity index (χ0) is 14.8. The summed E-state index contributed by atoms with van der Waals surface area (Å²) in [7, 11) is 0. The summed E-state index contributed by atoms with van der Waals surface area (Å²) in [5.41, 5.74) is 2.64. The number of halogens is 1. The van der Waals surface area contributed by atoms with Gasteiger partial charge in [0.1, 0.15) is 5.82 Å². The third-order valence-electron chi connectivity index (χ3n) is 3.33. The van der Waals surface area contributed by atoms with Crippen LogP contribution < -0.4 is 0 Å². The highest BCUT2D eigenvalue weighted by molar-refractivity contribution is 5.97. The molecule has 0 aromatic heterocycles. The van der Waals surface area contributed by atoms with Crippen LogP contribution in [0.5, 0.6) is 0 Å². The van der Waals surface area contributed by atoms with Gasteiger partial charge in [-0.05, 0) is 28.7 Å². The summed E-state index contributed by atoms with van der Waals surface area (Å²) < 4.78 is 13.1. The van der Waals surface area contributed by atoms with Crippen molar-refractivity contribution in [3.05, 3.63) is 71.0 Å². The highest BCUT2D eigenvalue weighted by Crippen LogP contribution is 2.22. The fourth-order valence-electron chi connectivity index (χ4n) is 2.09. The third-order valence-corrected chi connectivity index (χ3v) is 3.33. The second kappa shape index (κ2) is 5.58. The maximum Gasteiger partial charge on any atom is 0.167 e. The fraction of sp³-hybridized carbons (Fsp3) is 0.278. The molecule has 0 aliphatic carbocycles. The molecule has 20 heavy (non-hydrogen) atoms. The Morgan fingerprint density at radius 1 is 1.05 bits per heavy atom. The van der Waals surface area contributed by atoms with E-state index in [1.807, 2.05) is 24.3 Å². The van der Waals surface area contributed by atoms with E-state index in [0.29, 0.717) is 11.1 Å². The van der Waals surface area contributed by atoms with Crippen molar-refractivity contribution in [2.75, 3.05) is 0 Å². The monoisotopic (exact) mass is 270 g/mol. The molecule has 0 spiro atoms. The Bertz CT molecular complexity index is 606. The maximum absolute atomic E-state index is 13.1. The van der Waals surface area contributed by atoms with Gasteiger partial charge in [-0.25, -0.2) is 4.39 Å². The van der Waals surface area contributed by atoms with Gasteiger partial charge in [0.15, 0.2) is 5.78 Å². The van der Waals surface area contributed by atoms with Gasteiger partial charge in [-0.2, -0.15) is 0 Å². The molecule has 1 nitrogen and oxygen atoms in total. The topological polar surface area (TPSA) is 17.1 Å². The highest BCUT2D eigenvalue weighted by Gasteiger charge is 2.14. The van der Waals surface area contributed by atoms with E-state index >= 15 is 0 Å². The van der Waals surface area contributed by atoms with Crippen LogP contribution >= 0.6 is 0 Å². The van der Waals surface area contributed by atoms with E-state index in [0.717, 1.165) is 0 Å². The molecule has 0 saturated carbocycles. The minimum absolute atomic E-state index is 0.0102. The minimum atomic E-state index is -0.307. The zero-order valence-electron chi connectivity index (χ0n) is 12.1. The summed E-state index contributed by atoms with van der Waals surface area (Å²) in [6.07, 6.45) is 0.229. The van der Waals surface area contributed by atoms with Crippen LogP contribution in [0.15, 0.2) is 48.5 Å². The van der Waals surface area contributed by atoms with Gasteiger partial charge in [0.25, 0.3) is 0 Å². The molecule has 2 aromatic carbocycles. The van der Waals surface area contributed by atoms with E-state index in [1.54, 1.807) is 12.1 Å². The van der Waals surface area contributed by atoms with E-state index in [2.05, 4.69) is 20.8 Å². The Hall–Kier alpha value is -1.96. The molecular formula is C18H19FO. The molecule has 104 valence electrons. The maximum atomic E-state index is 13.1. The van der Waals surface area contributed by atoms with E-state index in [1.165, 1.54) is 17.7 Å². The minimum Gasteiger partial charge on any atom is -0.294 e. The van der Waals surface area contributed by atoms with Crippen molar-refractivity contribution >= 4 is 5.78 Å². The SMILES string of the molecule is CC(C)(C)c1ccc(C(=O)Cc2cccc(F)c2)cc1. The van der Waals surface area contributed by atoms with Gasteiger partial charge in [0, 0.05) is 12.0 Å². The first-order chi connectivity index (χ1) is 9.36. The fourth-order valence-corrected chi connectivity index (χ4v) is 2.09. The Morgan fingerprint density at radius 2 is 1.70 bits per heavy atom. The lowest BCUT2D eigenvalue weighted by Gasteiger charge is -2.19. The molecule has 2 rings (SSSR count). The quantitative estimate of drug-likeness (QED) is 0.748. The van der Waals surface area contributed by atoms with Gasteiger partial charge < -0.3 is 0 Å². The Kier molecular flexibility index (Phi) is 4.03. The molecule has 0 unspecified atom stereocenters. The highest BCUT2D eigenvalue weighted by atomic mass is 19.1. The number of carbonyl (C=O) groups is 1. The lowest BCUT2D eigenvalue weighted by molar-refractivity contribution is 0.0993. The van der Waals surface area contributed by atoms with Crippen molar-refractivity contribution in [1.29, 1.82) is 0 Å². The third kappa shape index (κ3) is 3.53. The first-order valence-corrected chi connectivity index (χ1v) is 6.74. The van der Waals surface area contributed by atoms with Crippen LogP contribution in [-0.4, -0.2) is 5.78 Å². The molecule has 2 heteroatoms. The molecule has 0 amide bonds. The molecule has 0 saturated heterocycles. The molecule has 0 atom stereocenters. The second-order valence-electron chi connectivity index (χ2n) is 6.06. The van der Waals surface area contributed by atoms with Gasteiger partial charge in [0.2, 0.25) is 0 Å². The number of carbonyl (C=O) groups excluding carboxylic acids is 1. The van der Waals surface area contributed by atoms with Crippen LogP contribution in [0.2, 0.25) is 0 Å². The van der Waals surface area contributed by atoms with Crippen LogP contribution in [0.25, 0.3) is 0 Å². The van der Waals surface area contributed by atoms with Crippen LogP contribution in [0.3, 0.4) is 0 Å². The molecular weight excluding hydrogens is 251 g/mol. The predicted molar refractivity (Wildman–Crippen MR) is 79.6 cm³/mol. The molecule has 0 radical (unpaired) electrons. The average Bonchev–Trinajstić information content (AvgIpc) is 2.38. The van der Waals surface area contributed by atoms with Crippen molar-refractivity contribution in [3.63, 3.8) is 0 Å². The molecule has 0 aliphatic heterocycles. The molecule has 0 bridgehead atoms. The molecule has 2 aromatic rings. The van der Waals surface area contributed by atoms with Crippen LogP contribution in [0.1, 0.15) is 42.3 Å². The Labute approximate surface area is 119 Å². The van der Waals surface area contributed by atoms with Crippen LogP contribution in [0, 0.1) is 5.82 Å². The number of Topliss-reactive ketones (excluding diaryl/α,β-unsaturated/α-hetero) is 1. The van der Waals surface area contributed by atoms with Crippen molar-refractivity contribution < 1.29 is 9.18 Å². The second-order valence-corrected chi connectivity index (χ2v) is 6.06. The van der Waals surface area contributed by atoms with Crippen molar-refractivity contribution in [1.82, 2.24) is 0 Å². The lowest BCUT2D eigenvalue weighted by Crippen LogP contribution is -2.11. The van der Waals surface area contributed by atoms with E-state index in [9.17, 15) is 9.18 Å². The van der Waals surface area contributed by atoms with Gasteiger partial charge in [-0.1, -0.05) is 57.2 Å². The number of hydrogen-bond donors (Lipinski definition) is 0. The largest absolute Gasteiger partial charge is 0.294 e. The van der Waals surface area contributed by atoms with E-state index in [-0.39, 0.29) is 23.4 Å². The summed E-state index contributed by atoms with van der Waals surface area (Å²) in [4.78, 5) is 12.2. The van der Waals surface area contributed by atoms with Gasteiger partial charge in [-0.15, -0.1) is 0 Å². The molecule has 0 aliphatic rings. The van der Waals surface area contributed by atoms with Crippen molar-refractivity contribution in [2.45, 2.75) is 32.6 Å². The Morgan fingerprint density at radius 3 is 2.25 bits per heavy atom. The smallest absolute Gasteiger partial charge is 0.167 e. The number of hydrogen-bond acceptors (Lipinski definition) is 1. The van der Waals surface area contributed by atoms with E-state index < -0.39 is 0 Å². The molecule has 0 heterocycles. The van der Waals surface area contributed by atoms with Gasteiger partial charge in [0.05, 0.1) is 0 Å². The lowest BCUT2D eigenvalue weighted by atomic mass is 9.86. The van der Waals surface area contributed by atoms with Gasteiger partial charge >= 0.3 is 0 Å². The number of ketones is 1. The number of rotatable bonds is 3. The standard InChI is InChI=1S/C18H19FO/c1-18(2,3)15-9-7-14(8-10-15)17(20)12-13-5-4-6-16(19)11-13/h4-11H,12H2,1-3H3. The van der Waals surface area contributed by atoms with Crippen molar-refractivity contribution in [2.24, 2.45) is 0 Å². The first-order valence-electron chi connectivity index (χ1n) is 6.74. The van der Waals surface area contributed by atoms with Crippen LogP contribution in [-0.2, 0) is 11.8 Å². The predicted octanol–water partition coefficient (Wildman–Crippen LogP) is 4.55.